The topological polar surface area (TPSA) is 59.2 Å². The van der Waals surface area contributed by atoms with Crippen molar-refractivity contribution >= 4 is 17.2 Å². The van der Waals surface area contributed by atoms with Gasteiger partial charge in [-0.05, 0) is 35.4 Å². The molecule has 3 rings (SSSR count). The van der Waals surface area contributed by atoms with Gasteiger partial charge in [-0.3, -0.25) is 9.78 Å². The number of hydrogen-bond donors (Lipinski definition) is 1. The lowest BCUT2D eigenvalue weighted by Gasteiger charge is -2.34. The maximum Gasteiger partial charge on any atom is 0.264 e. The molecule has 134 valence electrons. The van der Waals surface area contributed by atoms with Crippen LogP contribution in [-0.2, 0) is 6.42 Å². The molecule has 2 aromatic rings. The number of aromatic nitrogens is 1. The zero-order valence-corrected chi connectivity index (χ0v) is 15.7. The van der Waals surface area contributed by atoms with Crippen LogP contribution in [0, 0.1) is 0 Å². The molecular weight excluding hydrogens is 330 g/mol. The van der Waals surface area contributed by atoms with Crippen LogP contribution in [0.2, 0.25) is 0 Å². The molecule has 4 nitrogen and oxygen atoms in total. The molecule has 0 bridgehead atoms. The molecule has 0 aliphatic carbocycles. The van der Waals surface area contributed by atoms with Crippen LogP contribution in [0.1, 0.15) is 54.3 Å². The van der Waals surface area contributed by atoms with E-state index in [2.05, 4.69) is 23.4 Å². The number of nitrogens with zero attached hydrogens (tertiary/aromatic N) is 2. The largest absolute Gasteiger partial charge is 0.333 e. The molecule has 1 atom stereocenters. The molecule has 0 saturated carbocycles. The highest BCUT2D eigenvalue weighted by Crippen LogP contribution is 2.35. The summed E-state index contributed by atoms with van der Waals surface area (Å²) in [6.07, 6.45) is 10.4. The highest BCUT2D eigenvalue weighted by molar-refractivity contribution is 7.12. The summed E-state index contributed by atoms with van der Waals surface area (Å²) in [5.74, 6) is 0.160. The molecule has 0 fully saturated rings. The van der Waals surface area contributed by atoms with Crippen LogP contribution >= 0.6 is 11.3 Å². The van der Waals surface area contributed by atoms with Gasteiger partial charge < -0.3 is 10.6 Å². The summed E-state index contributed by atoms with van der Waals surface area (Å²) in [6, 6.07) is 4.17. The first-order chi connectivity index (χ1) is 12.3. The maximum atomic E-state index is 13.0. The quantitative estimate of drug-likeness (QED) is 0.723. The Kier molecular flexibility index (Phi) is 6.21. The molecule has 0 aromatic carbocycles. The average molecular weight is 358 g/mol. The number of hydrogen-bond acceptors (Lipinski definition) is 4. The van der Waals surface area contributed by atoms with Gasteiger partial charge >= 0.3 is 0 Å². The molecule has 0 saturated heterocycles. The van der Waals surface area contributed by atoms with Crippen molar-refractivity contribution in [1.29, 1.82) is 0 Å². The fourth-order valence-corrected chi connectivity index (χ4v) is 4.68. The first-order valence-corrected chi connectivity index (χ1v) is 10.2. The summed E-state index contributed by atoms with van der Waals surface area (Å²) in [4.78, 5) is 20.1. The van der Waals surface area contributed by atoms with E-state index in [1.165, 1.54) is 24.8 Å². The minimum absolute atomic E-state index is 0.160. The first-order valence-electron chi connectivity index (χ1n) is 9.28. The molecule has 5 heteroatoms. The maximum absolute atomic E-state index is 13.0. The van der Waals surface area contributed by atoms with Gasteiger partial charge in [-0.1, -0.05) is 38.7 Å². The fourth-order valence-electron chi connectivity index (χ4n) is 3.59. The summed E-state index contributed by atoms with van der Waals surface area (Å²) in [7, 11) is 0. The van der Waals surface area contributed by atoms with E-state index in [9.17, 15) is 4.79 Å². The van der Waals surface area contributed by atoms with Gasteiger partial charge in [-0.15, -0.1) is 11.3 Å². The number of amides is 1. The van der Waals surface area contributed by atoms with Crippen molar-refractivity contribution in [1.82, 2.24) is 9.88 Å². The molecular formula is C20H27N3OS. The zero-order chi connectivity index (χ0) is 17.6. The van der Waals surface area contributed by atoms with E-state index < -0.39 is 0 Å². The normalized spacial score (nSPS) is 15.3. The second kappa shape index (κ2) is 8.59. The Morgan fingerprint density at radius 2 is 2.24 bits per heavy atom. The number of unbranched alkanes of at least 4 members (excludes halogenated alkanes) is 3. The molecule has 25 heavy (non-hydrogen) atoms. The van der Waals surface area contributed by atoms with Crippen molar-refractivity contribution in [3.05, 3.63) is 40.3 Å². The van der Waals surface area contributed by atoms with Gasteiger partial charge in [-0.2, -0.15) is 0 Å². The predicted molar refractivity (Wildman–Crippen MR) is 104 cm³/mol. The third-order valence-electron chi connectivity index (χ3n) is 5.03. The van der Waals surface area contributed by atoms with Gasteiger partial charge in [0.15, 0.2) is 0 Å². The molecule has 1 amide bonds. The lowest BCUT2D eigenvalue weighted by molar-refractivity contribution is 0.0660. The van der Waals surface area contributed by atoms with Crippen LogP contribution in [0.4, 0.5) is 0 Å². The van der Waals surface area contributed by atoms with E-state index in [1.54, 1.807) is 17.5 Å². The number of rotatable bonds is 8. The van der Waals surface area contributed by atoms with E-state index in [0.29, 0.717) is 6.54 Å². The van der Waals surface area contributed by atoms with Crippen LogP contribution in [0.25, 0.3) is 11.1 Å². The number of pyridine rings is 1. The SMILES string of the molecule is CCCCCCC(CN)N1CCc2c(-c3cccnc3)csc2C1=O. The molecule has 1 unspecified atom stereocenters. The lowest BCUT2D eigenvalue weighted by Crippen LogP contribution is -2.47. The van der Waals surface area contributed by atoms with E-state index in [-0.39, 0.29) is 11.9 Å². The Morgan fingerprint density at radius 3 is 2.96 bits per heavy atom. The van der Waals surface area contributed by atoms with Crippen molar-refractivity contribution in [2.45, 2.75) is 51.5 Å². The zero-order valence-electron chi connectivity index (χ0n) is 14.9. The molecule has 1 aliphatic rings. The number of carbonyl (C=O) groups is 1. The van der Waals surface area contributed by atoms with Crippen LogP contribution in [-0.4, -0.2) is 34.9 Å². The molecule has 0 spiro atoms. The highest BCUT2D eigenvalue weighted by Gasteiger charge is 2.32. The second-order valence-corrected chi connectivity index (χ2v) is 7.57. The standard InChI is InChI=1S/C20H27N3OS/c1-2-3-4-5-8-16(12-21)23-11-9-17-18(14-25-19(17)20(23)24)15-7-6-10-22-13-15/h6-7,10,13-14,16H,2-5,8-9,11-12,21H2,1H3. The van der Waals surface area contributed by atoms with Gasteiger partial charge in [0.1, 0.15) is 0 Å². The lowest BCUT2D eigenvalue weighted by atomic mass is 9.96. The van der Waals surface area contributed by atoms with Crippen molar-refractivity contribution in [2.24, 2.45) is 5.73 Å². The Balaban J connectivity index is 1.74. The Bertz CT molecular complexity index is 698. The van der Waals surface area contributed by atoms with E-state index in [1.807, 2.05) is 17.2 Å². The van der Waals surface area contributed by atoms with Gasteiger partial charge in [0.05, 0.1) is 4.88 Å². The molecule has 3 heterocycles. The average Bonchev–Trinajstić information content (AvgIpc) is 3.09. The van der Waals surface area contributed by atoms with E-state index in [0.717, 1.165) is 41.8 Å². The second-order valence-electron chi connectivity index (χ2n) is 6.69. The minimum Gasteiger partial charge on any atom is -0.333 e. The number of nitrogens with two attached hydrogens (primary N) is 1. The number of fused-ring (bicyclic) bond motifs is 1. The fraction of sp³-hybridized carbons (Fsp3) is 0.500. The van der Waals surface area contributed by atoms with Crippen LogP contribution < -0.4 is 5.73 Å². The Labute approximate surface area is 154 Å². The van der Waals surface area contributed by atoms with Crippen molar-refractivity contribution in [3.63, 3.8) is 0 Å². The summed E-state index contributed by atoms with van der Waals surface area (Å²) in [6.45, 7) is 3.53. The highest BCUT2D eigenvalue weighted by atomic mass is 32.1. The molecule has 2 N–H and O–H groups in total. The van der Waals surface area contributed by atoms with Crippen LogP contribution in [0.3, 0.4) is 0 Å². The van der Waals surface area contributed by atoms with E-state index >= 15 is 0 Å². The summed E-state index contributed by atoms with van der Waals surface area (Å²) < 4.78 is 0. The summed E-state index contributed by atoms with van der Waals surface area (Å²) in [5, 5.41) is 2.10. The van der Waals surface area contributed by atoms with E-state index in [4.69, 9.17) is 5.73 Å². The van der Waals surface area contributed by atoms with Crippen LogP contribution in [0.15, 0.2) is 29.9 Å². The van der Waals surface area contributed by atoms with Gasteiger partial charge in [-0.25, -0.2) is 0 Å². The third-order valence-corrected chi connectivity index (χ3v) is 6.04. The van der Waals surface area contributed by atoms with Gasteiger partial charge in [0.2, 0.25) is 0 Å². The van der Waals surface area contributed by atoms with Gasteiger partial charge in [0, 0.05) is 37.1 Å². The molecule has 0 radical (unpaired) electrons. The Hall–Kier alpha value is -1.72. The first kappa shape index (κ1) is 18.1. The number of carbonyl (C=O) groups excluding carboxylic acids is 1. The number of thiophene rings is 1. The summed E-state index contributed by atoms with van der Waals surface area (Å²) >= 11 is 1.56. The van der Waals surface area contributed by atoms with Crippen LogP contribution in [0.5, 0.6) is 0 Å². The van der Waals surface area contributed by atoms with Crippen molar-refractivity contribution in [2.75, 3.05) is 13.1 Å². The monoisotopic (exact) mass is 357 g/mol. The summed E-state index contributed by atoms with van der Waals surface area (Å²) in [5.41, 5.74) is 9.43. The Morgan fingerprint density at radius 1 is 1.36 bits per heavy atom. The van der Waals surface area contributed by atoms with Crippen molar-refractivity contribution < 1.29 is 4.79 Å². The predicted octanol–water partition coefficient (Wildman–Crippen LogP) is 4.11. The van der Waals surface area contributed by atoms with Gasteiger partial charge in [0.25, 0.3) is 5.91 Å². The van der Waals surface area contributed by atoms with Crippen molar-refractivity contribution in [3.8, 4) is 11.1 Å². The molecule has 2 aromatic heterocycles. The third kappa shape index (κ3) is 3.93. The minimum atomic E-state index is 0.160. The molecule has 1 aliphatic heterocycles. The smallest absolute Gasteiger partial charge is 0.264 e.